The Morgan fingerprint density at radius 3 is 2.75 bits per heavy atom. The van der Waals surface area contributed by atoms with Gasteiger partial charge in [-0.25, -0.2) is 5.43 Å². The van der Waals surface area contributed by atoms with E-state index in [-0.39, 0.29) is 6.04 Å². The second-order valence-corrected chi connectivity index (χ2v) is 4.05. The molecule has 4 heteroatoms. The van der Waals surface area contributed by atoms with Crippen LogP contribution >= 0.6 is 11.6 Å². The molecule has 0 spiro atoms. The Hall–Kier alpha value is -1.29. The van der Waals surface area contributed by atoms with Crippen LogP contribution in [0.4, 0.5) is 0 Å². The largest absolute Gasteiger partial charge is 0.467 e. The van der Waals surface area contributed by atoms with E-state index in [9.17, 15) is 0 Å². The summed E-state index contributed by atoms with van der Waals surface area (Å²) in [5, 5.41) is 0.719. The van der Waals surface area contributed by atoms with E-state index in [1.54, 1.807) is 6.26 Å². The molecule has 0 aliphatic carbocycles. The molecule has 0 fully saturated rings. The van der Waals surface area contributed by atoms with Gasteiger partial charge in [0.2, 0.25) is 0 Å². The smallest absolute Gasteiger partial charge is 0.126 e. The van der Waals surface area contributed by atoms with E-state index in [2.05, 4.69) is 5.43 Å². The zero-order valence-electron chi connectivity index (χ0n) is 8.91. The molecule has 1 atom stereocenters. The summed E-state index contributed by atoms with van der Waals surface area (Å²) < 4.78 is 5.35. The van der Waals surface area contributed by atoms with Crippen LogP contribution in [0.2, 0.25) is 5.02 Å². The van der Waals surface area contributed by atoms with Gasteiger partial charge in [0.05, 0.1) is 6.26 Å². The SMILES string of the molecule is Cc1cc(Cl)ccc1C(NN)c1ccco1. The number of furan rings is 1. The first-order chi connectivity index (χ1) is 7.72. The Morgan fingerprint density at radius 2 is 2.19 bits per heavy atom. The summed E-state index contributed by atoms with van der Waals surface area (Å²) in [7, 11) is 0. The third-order valence-corrected chi connectivity index (χ3v) is 2.77. The Labute approximate surface area is 99.2 Å². The van der Waals surface area contributed by atoms with Crippen LogP contribution in [0.25, 0.3) is 0 Å². The second-order valence-electron chi connectivity index (χ2n) is 3.62. The number of nitrogens with one attached hydrogen (secondary N) is 1. The van der Waals surface area contributed by atoms with E-state index >= 15 is 0 Å². The summed E-state index contributed by atoms with van der Waals surface area (Å²) in [4.78, 5) is 0. The van der Waals surface area contributed by atoms with Crippen molar-refractivity contribution in [1.29, 1.82) is 0 Å². The summed E-state index contributed by atoms with van der Waals surface area (Å²) >= 11 is 5.91. The van der Waals surface area contributed by atoms with Crippen molar-refractivity contribution in [2.75, 3.05) is 0 Å². The minimum Gasteiger partial charge on any atom is -0.467 e. The van der Waals surface area contributed by atoms with Gasteiger partial charge in [-0.15, -0.1) is 0 Å². The van der Waals surface area contributed by atoms with Crippen LogP contribution in [0.1, 0.15) is 22.9 Å². The topological polar surface area (TPSA) is 51.2 Å². The van der Waals surface area contributed by atoms with Crippen molar-refractivity contribution in [3.8, 4) is 0 Å². The summed E-state index contributed by atoms with van der Waals surface area (Å²) in [5.74, 6) is 6.35. The van der Waals surface area contributed by atoms with E-state index in [0.29, 0.717) is 0 Å². The number of hydrogen-bond donors (Lipinski definition) is 2. The van der Waals surface area contributed by atoms with Gasteiger partial charge in [-0.1, -0.05) is 17.7 Å². The molecular weight excluding hydrogens is 224 g/mol. The van der Waals surface area contributed by atoms with Gasteiger partial charge in [-0.3, -0.25) is 5.84 Å². The first-order valence-electron chi connectivity index (χ1n) is 4.98. The maximum Gasteiger partial charge on any atom is 0.126 e. The predicted molar refractivity (Wildman–Crippen MR) is 64.1 cm³/mol. The number of hydrazine groups is 1. The molecular formula is C12H13ClN2O. The highest BCUT2D eigenvalue weighted by Gasteiger charge is 2.16. The van der Waals surface area contributed by atoms with Crippen molar-refractivity contribution >= 4 is 11.6 Å². The van der Waals surface area contributed by atoms with Crippen LogP contribution in [-0.4, -0.2) is 0 Å². The van der Waals surface area contributed by atoms with Crippen LogP contribution in [0.15, 0.2) is 41.0 Å². The monoisotopic (exact) mass is 236 g/mol. The molecule has 0 aliphatic rings. The first kappa shape index (κ1) is 11.2. The summed E-state index contributed by atoms with van der Waals surface area (Å²) in [6.07, 6.45) is 1.63. The van der Waals surface area contributed by atoms with Crippen LogP contribution in [0.3, 0.4) is 0 Å². The van der Waals surface area contributed by atoms with E-state index < -0.39 is 0 Å². The molecule has 0 aliphatic heterocycles. The molecule has 1 aromatic carbocycles. The van der Waals surface area contributed by atoms with E-state index in [0.717, 1.165) is 21.9 Å². The Morgan fingerprint density at radius 1 is 1.38 bits per heavy atom. The van der Waals surface area contributed by atoms with Gasteiger partial charge >= 0.3 is 0 Å². The molecule has 0 bridgehead atoms. The van der Waals surface area contributed by atoms with Crippen molar-refractivity contribution in [2.45, 2.75) is 13.0 Å². The highest BCUT2D eigenvalue weighted by Crippen LogP contribution is 2.26. The van der Waals surface area contributed by atoms with Crippen molar-refractivity contribution < 1.29 is 4.42 Å². The third kappa shape index (κ3) is 2.11. The molecule has 84 valence electrons. The Bertz CT molecular complexity index is 468. The second kappa shape index (κ2) is 4.70. The molecule has 1 aromatic heterocycles. The molecule has 16 heavy (non-hydrogen) atoms. The lowest BCUT2D eigenvalue weighted by Gasteiger charge is -2.16. The number of hydrogen-bond acceptors (Lipinski definition) is 3. The normalized spacial score (nSPS) is 12.7. The maximum atomic E-state index is 5.91. The molecule has 0 radical (unpaired) electrons. The number of nitrogens with two attached hydrogens (primary N) is 1. The highest BCUT2D eigenvalue weighted by atomic mass is 35.5. The third-order valence-electron chi connectivity index (χ3n) is 2.54. The van der Waals surface area contributed by atoms with Gasteiger partial charge in [-0.2, -0.15) is 0 Å². The lowest BCUT2D eigenvalue weighted by molar-refractivity contribution is 0.451. The zero-order chi connectivity index (χ0) is 11.5. The Balaban J connectivity index is 2.41. The van der Waals surface area contributed by atoms with Gasteiger partial charge in [0.25, 0.3) is 0 Å². The van der Waals surface area contributed by atoms with Gasteiger partial charge in [0.1, 0.15) is 11.8 Å². The predicted octanol–water partition coefficient (Wildman–Crippen LogP) is 2.79. The maximum absolute atomic E-state index is 5.91. The molecule has 1 heterocycles. The summed E-state index contributed by atoms with van der Waals surface area (Å²) in [5.41, 5.74) is 4.88. The molecule has 2 aromatic rings. The van der Waals surface area contributed by atoms with Crippen molar-refractivity contribution in [1.82, 2.24) is 5.43 Å². The number of aryl methyl sites for hydroxylation is 1. The van der Waals surface area contributed by atoms with Crippen molar-refractivity contribution in [3.63, 3.8) is 0 Å². The van der Waals surface area contributed by atoms with E-state index in [4.69, 9.17) is 21.9 Å². The molecule has 1 unspecified atom stereocenters. The van der Waals surface area contributed by atoms with Crippen LogP contribution in [0.5, 0.6) is 0 Å². The van der Waals surface area contributed by atoms with Gasteiger partial charge in [0, 0.05) is 5.02 Å². The fraction of sp³-hybridized carbons (Fsp3) is 0.167. The lowest BCUT2D eigenvalue weighted by atomic mass is 10.00. The van der Waals surface area contributed by atoms with Crippen LogP contribution in [-0.2, 0) is 0 Å². The molecule has 3 N–H and O–H groups in total. The fourth-order valence-electron chi connectivity index (χ4n) is 1.74. The van der Waals surface area contributed by atoms with Gasteiger partial charge < -0.3 is 4.42 Å². The number of rotatable bonds is 3. The van der Waals surface area contributed by atoms with Gasteiger partial charge in [0.15, 0.2) is 0 Å². The summed E-state index contributed by atoms with van der Waals surface area (Å²) in [6.45, 7) is 1.99. The molecule has 2 rings (SSSR count). The average Bonchev–Trinajstić information content (AvgIpc) is 2.75. The first-order valence-corrected chi connectivity index (χ1v) is 5.35. The molecule has 0 saturated carbocycles. The molecule has 0 amide bonds. The van der Waals surface area contributed by atoms with Gasteiger partial charge in [-0.05, 0) is 42.3 Å². The minimum absolute atomic E-state index is 0.146. The number of benzene rings is 1. The quantitative estimate of drug-likeness (QED) is 0.637. The van der Waals surface area contributed by atoms with Crippen LogP contribution < -0.4 is 11.3 Å². The molecule has 3 nitrogen and oxygen atoms in total. The van der Waals surface area contributed by atoms with E-state index in [1.165, 1.54) is 0 Å². The fourth-order valence-corrected chi connectivity index (χ4v) is 1.97. The number of halogens is 1. The van der Waals surface area contributed by atoms with Crippen molar-refractivity contribution in [2.24, 2.45) is 5.84 Å². The lowest BCUT2D eigenvalue weighted by Crippen LogP contribution is -2.29. The van der Waals surface area contributed by atoms with Crippen LogP contribution in [0, 0.1) is 6.92 Å². The average molecular weight is 237 g/mol. The Kier molecular flexibility index (Phi) is 3.29. The van der Waals surface area contributed by atoms with E-state index in [1.807, 2.05) is 37.3 Å². The highest BCUT2D eigenvalue weighted by molar-refractivity contribution is 6.30. The standard InChI is InChI=1S/C12H13ClN2O/c1-8-7-9(13)4-5-10(8)12(15-14)11-3-2-6-16-11/h2-7,12,15H,14H2,1H3. The molecule has 0 saturated heterocycles. The minimum atomic E-state index is -0.146. The summed E-state index contributed by atoms with van der Waals surface area (Å²) in [6, 6.07) is 9.28. The zero-order valence-corrected chi connectivity index (χ0v) is 9.66. The van der Waals surface area contributed by atoms with Crippen molar-refractivity contribution in [3.05, 3.63) is 58.5 Å².